The summed E-state index contributed by atoms with van der Waals surface area (Å²) >= 11 is 6.27. The summed E-state index contributed by atoms with van der Waals surface area (Å²) in [6.07, 6.45) is 4.34. The standard InChI is InChI=1S/C23H17ClF3N7O/c1-4-13-9-28-12-19(15(13)5-2)34-21(23(25,26)27)16(11-30-34)22(35)31-14-8-17(24)20(29-10-14)18-6-7-33(3)32-18/h4-12H,1-2H2,3H3,(H,31,35). The Morgan fingerprint density at radius 2 is 1.94 bits per heavy atom. The van der Waals surface area contributed by atoms with Gasteiger partial charge < -0.3 is 5.32 Å². The Morgan fingerprint density at radius 3 is 2.54 bits per heavy atom. The second kappa shape index (κ2) is 9.18. The summed E-state index contributed by atoms with van der Waals surface area (Å²) in [5.41, 5.74) is -0.218. The van der Waals surface area contributed by atoms with Gasteiger partial charge in [0.25, 0.3) is 5.91 Å². The number of nitrogens with zero attached hydrogens (tertiary/aromatic N) is 6. The highest BCUT2D eigenvalue weighted by Crippen LogP contribution is 2.35. The highest BCUT2D eigenvalue weighted by molar-refractivity contribution is 6.33. The Balaban J connectivity index is 1.72. The lowest BCUT2D eigenvalue weighted by atomic mass is 10.1. The van der Waals surface area contributed by atoms with Crippen molar-refractivity contribution in [2.75, 3.05) is 5.32 Å². The van der Waals surface area contributed by atoms with E-state index >= 15 is 0 Å². The molecule has 4 heterocycles. The molecule has 0 aliphatic heterocycles. The largest absolute Gasteiger partial charge is 0.434 e. The quantitative estimate of drug-likeness (QED) is 0.390. The van der Waals surface area contributed by atoms with Crippen molar-refractivity contribution in [3.05, 3.63) is 83.7 Å². The van der Waals surface area contributed by atoms with E-state index < -0.39 is 23.3 Å². The van der Waals surface area contributed by atoms with Gasteiger partial charge in [-0.15, -0.1) is 0 Å². The number of pyridine rings is 2. The van der Waals surface area contributed by atoms with Crippen LogP contribution in [0, 0.1) is 0 Å². The highest BCUT2D eigenvalue weighted by atomic mass is 35.5. The number of carbonyl (C=O) groups is 1. The fourth-order valence-corrected chi connectivity index (χ4v) is 3.70. The lowest BCUT2D eigenvalue weighted by molar-refractivity contribution is -0.143. The van der Waals surface area contributed by atoms with Gasteiger partial charge in [-0.1, -0.05) is 36.9 Å². The van der Waals surface area contributed by atoms with Gasteiger partial charge in [-0.05, 0) is 12.1 Å². The van der Waals surface area contributed by atoms with E-state index in [2.05, 4.69) is 38.6 Å². The van der Waals surface area contributed by atoms with Gasteiger partial charge in [0, 0.05) is 30.6 Å². The second-order valence-corrected chi connectivity index (χ2v) is 7.68. The Morgan fingerprint density at radius 1 is 1.17 bits per heavy atom. The molecule has 178 valence electrons. The minimum Gasteiger partial charge on any atom is -0.320 e. The molecular formula is C23H17ClF3N7O. The SMILES string of the molecule is C=Cc1cncc(-n2ncc(C(=O)Nc3cnc(-c4ccn(C)n4)c(Cl)c3)c2C(F)(F)F)c1C=C. The third-order valence-corrected chi connectivity index (χ3v) is 5.28. The number of rotatable bonds is 6. The molecule has 0 aliphatic carbocycles. The van der Waals surface area contributed by atoms with Crippen molar-refractivity contribution >= 4 is 35.3 Å². The molecule has 0 bridgehead atoms. The molecule has 0 unspecified atom stereocenters. The molecule has 1 amide bonds. The average molecular weight is 500 g/mol. The molecule has 4 aromatic heterocycles. The summed E-state index contributed by atoms with van der Waals surface area (Å²) in [4.78, 5) is 21.0. The Hall–Kier alpha value is -4.25. The van der Waals surface area contributed by atoms with E-state index in [1.54, 1.807) is 24.0 Å². The summed E-state index contributed by atoms with van der Waals surface area (Å²) in [5.74, 6) is -1.04. The van der Waals surface area contributed by atoms with E-state index in [0.717, 1.165) is 6.20 Å². The molecule has 0 radical (unpaired) electrons. The van der Waals surface area contributed by atoms with Crippen LogP contribution in [0.15, 0.2) is 56.3 Å². The summed E-state index contributed by atoms with van der Waals surface area (Å²) < 4.78 is 44.5. The van der Waals surface area contributed by atoms with Crippen LogP contribution < -0.4 is 5.32 Å². The zero-order valence-corrected chi connectivity index (χ0v) is 19.0. The molecule has 0 atom stereocenters. The van der Waals surface area contributed by atoms with Crippen molar-refractivity contribution in [3.63, 3.8) is 0 Å². The summed E-state index contributed by atoms with van der Waals surface area (Å²) in [6.45, 7) is 7.29. The van der Waals surface area contributed by atoms with E-state index in [1.807, 2.05) is 0 Å². The number of carbonyl (C=O) groups excluding carboxylic acids is 1. The van der Waals surface area contributed by atoms with Gasteiger partial charge in [-0.25, -0.2) is 4.68 Å². The predicted molar refractivity (Wildman–Crippen MR) is 126 cm³/mol. The number of aromatic nitrogens is 6. The van der Waals surface area contributed by atoms with Gasteiger partial charge in [0.2, 0.25) is 0 Å². The number of anilines is 1. The van der Waals surface area contributed by atoms with Crippen LogP contribution in [0.5, 0.6) is 0 Å². The van der Waals surface area contributed by atoms with Gasteiger partial charge in [0.1, 0.15) is 11.4 Å². The van der Waals surface area contributed by atoms with E-state index in [9.17, 15) is 18.0 Å². The molecule has 0 saturated heterocycles. The van der Waals surface area contributed by atoms with Crippen molar-refractivity contribution in [3.8, 4) is 17.1 Å². The van der Waals surface area contributed by atoms with Crippen molar-refractivity contribution in [2.24, 2.45) is 7.05 Å². The van der Waals surface area contributed by atoms with Gasteiger partial charge >= 0.3 is 6.18 Å². The van der Waals surface area contributed by atoms with Gasteiger partial charge in [-0.2, -0.15) is 23.4 Å². The van der Waals surface area contributed by atoms with E-state index in [4.69, 9.17) is 11.6 Å². The van der Waals surface area contributed by atoms with Gasteiger partial charge in [0.15, 0.2) is 5.69 Å². The molecule has 0 aliphatic rings. The number of hydrogen-bond acceptors (Lipinski definition) is 5. The third-order valence-electron chi connectivity index (χ3n) is 4.99. The molecule has 1 N–H and O–H groups in total. The number of nitrogens with one attached hydrogen (secondary N) is 1. The number of halogens is 4. The van der Waals surface area contributed by atoms with Crippen LogP contribution in [0.2, 0.25) is 5.02 Å². The minimum absolute atomic E-state index is 0.00630. The Kier molecular flexibility index (Phi) is 6.27. The van der Waals surface area contributed by atoms with E-state index in [0.29, 0.717) is 27.2 Å². The third kappa shape index (κ3) is 4.58. The smallest absolute Gasteiger partial charge is 0.320 e. The number of aryl methyl sites for hydroxylation is 1. The van der Waals surface area contributed by atoms with Crippen molar-refractivity contribution in [1.82, 2.24) is 29.5 Å². The zero-order chi connectivity index (χ0) is 25.3. The molecule has 0 saturated carbocycles. The molecule has 0 aromatic carbocycles. The molecule has 0 spiro atoms. The van der Waals surface area contributed by atoms with Crippen LogP contribution >= 0.6 is 11.6 Å². The van der Waals surface area contributed by atoms with Crippen molar-refractivity contribution in [1.29, 1.82) is 0 Å². The normalized spacial score (nSPS) is 11.3. The first-order valence-electron chi connectivity index (χ1n) is 9.99. The first-order valence-corrected chi connectivity index (χ1v) is 10.4. The fraction of sp³-hybridized carbons (Fsp3) is 0.0870. The van der Waals surface area contributed by atoms with Crippen molar-refractivity contribution < 1.29 is 18.0 Å². The number of amides is 1. The maximum Gasteiger partial charge on any atom is 0.434 e. The second-order valence-electron chi connectivity index (χ2n) is 7.27. The lowest BCUT2D eigenvalue weighted by Gasteiger charge is -2.15. The predicted octanol–water partition coefficient (Wildman–Crippen LogP) is 5.27. The molecular weight excluding hydrogens is 483 g/mol. The monoisotopic (exact) mass is 499 g/mol. The highest BCUT2D eigenvalue weighted by Gasteiger charge is 2.41. The molecule has 4 rings (SSSR count). The summed E-state index contributed by atoms with van der Waals surface area (Å²) in [5, 5.41) is 10.6. The molecule has 35 heavy (non-hydrogen) atoms. The molecule has 12 heteroatoms. The Bertz CT molecular complexity index is 1460. The van der Waals surface area contributed by atoms with Crippen LogP contribution in [0.4, 0.5) is 18.9 Å². The van der Waals surface area contributed by atoms with Gasteiger partial charge in [-0.3, -0.25) is 19.4 Å². The summed E-state index contributed by atoms with van der Waals surface area (Å²) in [6, 6.07) is 3.08. The van der Waals surface area contributed by atoms with E-state index in [1.165, 1.54) is 36.8 Å². The number of hydrogen-bond donors (Lipinski definition) is 1. The van der Waals surface area contributed by atoms with Crippen LogP contribution in [0.3, 0.4) is 0 Å². The molecule has 0 fully saturated rings. The average Bonchev–Trinajstić information content (AvgIpc) is 3.45. The maximum absolute atomic E-state index is 14.1. The van der Waals surface area contributed by atoms with E-state index in [-0.39, 0.29) is 16.4 Å². The minimum atomic E-state index is -4.91. The molecule has 4 aromatic rings. The first kappa shape index (κ1) is 23.9. The van der Waals surface area contributed by atoms with Crippen LogP contribution in [0.25, 0.3) is 29.2 Å². The van der Waals surface area contributed by atoms with Crippen molar-refractivity contribution in [2.45, 2.75) is 6.18 Å². The fourth-order valence-electron chi connectivity index (χ4n) is 3.43. The van der Waals surface area contributed by atoms with Gasteiger partial charge in [0.05, 0.1) is 40.6 Å². The molecule has 8 nitrogen and oxygen atoms in total. The van der Waals surface area contributed by atoms with Crippen LogP contribution in [-0.2, 0) is 13.2 Å². The summed E-state index contributed by atoms with van der Waals surface area (Å²) in [7, 11) is 1.73. The van der Waals surface area contributed by atoms with Crippen LogP contribution in [0.1, 0.15) is 27.2 Å². The van der Waals surface area contributed by atoms with Crippen LogP contribution in [-0.4, -0.2) is 35.4 Å². The lowest BCUT2D eigenvalue weighted by Crippen LogP contribution is -2.21. The Labute approximate surface area is 202 Å². The zero-order valence-electron chi connectivity index (χ0n) is 18.2. The number of alkyl halides is 3. The topological polar surface area (TPSA) is 90.5 Å². The first-order chi connectivity index (χ1) is 16.6. The maximum atomic E-state index is 14.1.